The molecule has 0 radical (unpaired) electrons. The zero-order valence-corrected chi connectivity index (χ0v) is 13.1. The largest absolute Gasteiger partial charge is 0.399 e. The second kappa shape index (κ2) is 6.86. The van der Waals surface area contributed by atoms with Crippen molar-refractivity contribution < 1.29 is 17.6 Å². The number of amides is 1. The zero-order chi connectivity index (χ0) is 16.2. The van der Waals surface area contributed by atoms with Crippen LogP contribution in [-0.2, 0) is 14.8 Å². The van der Waals surface area contributed by atoms with Gasteiger partial charge in [-0.15, -0.1) is 0 Å². The van der Waals surface area contributed by atoms with Gasteiger partial charge in [0, 0.05) is 30.3 Å². The molecule has 0 spiro atoms. The third-order valence-electron chi connectivity index (χ3n) is 2.70. The Kier molecular flexibility index (Phi) is 5.68. The number of hydrogen-bond donors (Lipinski definition) is 3. The van der Waals surface area contributed by atoms with Crippen LogP contribution in [0.3, 0.4) is 0 Å². The molecule has 0 bridgehead atoms. The van der Waals surface area contributed by atoms with Crippen LogP contribution in [0.1, 0.15) is 25.8 Å². The summed E-state index contributed by atoms with van der Waals surface area (Å²) in [4.78, 5) is 11.2. The summed E-state index contributed by atoms with van der Waals surface area (Å²) in [5.74, 6) is -0.948. The van der Waals surface area contributed by atoms with Gasteiger partial charge in [0.1, 0.15) is 5.82 Å². The van der Waals surface area contributed by atoms with E-state index in [9.17, 15) is 17.6 Å². The van der Waals surface area contributed by atoms with E-state index in [1.165, 1.54) is 13.0 Å². The number of anilines is 1. The Hall–Kier alpha value is -1.67. The molecule has 1 rings (SSSR count). The fraction of sp³-hybridized carbons (Fsp3) is 0.462. The molecule has 1 amide bonds. The maximum atomic E-state index is 13.5. The van der Waals surface area contributed by atoms with E-state index in [4.69, 9.17) is 5.73 Å². The van der Waals surface area contributed by atoms with E-state index in [0.29, 0.717) is 0 Å². The summed E-state index contributed by atoms with van der Waals surface area (Å²) in [6.45, 7) is 4.90. The Morgan fingerprint density at radius 2 is 2.00 bits per heavy atom. The van der Waals surface area contributed by atoms with Crippen molar-refractivity contribution in [2.45, 2.75) is 38.1 Å². The van der Waals surface area contributed by atoms with E-state index in [-0.39, 0.29) is 41.1 Å². The van der Waals surface area contributed by atoms with Crippen molar-refractivity contribution in [3.63, 3.8) is 0 Å². The normalized spacial score (nSPS) is 11.7. The molecule has 0 aliphatic rings. The van der Waals surface area contributed by atoms with Crippen molar-refractivity contribution in [1.82, 2.24) is 10.0 Å². The fourth-order valence-electron chi connectivity index (χ4n) is 1.72. The van der Waals surface area contributed by atoms with Gasteiger partial charge in [-0.3, -0.25) is 4.79 Å². The standard InChI is InChI=1S/C13H20FN3O3S/c1-8(2)17-13(18)4-5-16-21(19,20)12-7-10(15)6-11(14)9(12)3/h6-8,16H,4-5,15H2,1-3H3,(H,17,18). The second-order valence-corrected chi connectivity index (χ2v) is 6.73. The number of rotatable bonds is 6. The first-order chi connectivity index (χ1) is 9.63. The molecule has 118 valence electrons. The Bertz CT molecular complexity index is 630. The first kappa shape index (κ1) is 17.4. The molecule has 1 aromatic rings. The van der Waals surface area contributed by atoms with Crippen molar-refractivity contribution >= 4 is 21.6 Å². The van der Waals surface area contributed by atoms with Crippen LogP contribution in [-0.4, -0.2) is 26.9 Å². The quantitative estimate of drug-likeness (QED) is 0.679. The Labute approximate surface area is 124 Å². The van der Waals surface area contributed by atoms with Gasteiger partial charge < -0.3 is 11.1 Å². The van der Waals surface area contributed by atoms with Gasteiger partial charge >= 0.3 is 0 Å². The van der Waals surface area contributed by atoms with E-state index in [1.54, 1.807) is 13.8 Å². The van der Waals surface area contributed by atoms with Gasteiger partial charge in [-0.25, -0.2) is 17.5 Å². The minimum Gasteiger partial charge on any atom is -0.399 e. The number of nitrogen functional groups attached to an aromatic ring is 1. The summed E-state index contributed by atoms with van der Waals surface area (Å²) >= 11 is 0. The third-order valence-corrected chi connectivity index (χ3v) is 4.29. The SMILES string of the molecule is Cc1c(F)cc(N)cc1S(=O)(=O)NCCC(=O)NC(C)C. The van der Waals surface area contributed by atoms with Crippen LogP contribution < -0.4 is 15.8 Å². The Balaban J connectivity index is 2.77. The van der Waals surface area contributed by atoms with Crippen molar-refractivity contribution in [3.05, 3.63) is 23.5 Å². The highest BCUT2D eigenvalue weighted by molar-refractivity contribution is 7.89. The average molecular weight is 317 g/mol. The second-order valence-electron chi connectivity index (χ2n) is 5.00. The molecule has 0 heterocycles. The first-order valence-electron chi connectivity index (χ1n) is 6.48. The van der Waals surface area contributed by atoms with E-state index < -0.39 is 15.8 Å². The van der Waals surface area contributed by atoms with Crippen molar-refractivity contribution in [2.24, 2.45) is 0 Å². The number of nitrogens with two attached hydrogens (primary N) is 1. The Morgan fingerprint density at radius 3 is 2.57 bits per heavy atom. The average Bonchev–Trinajstić information content (AvgIpc) is 2.32. The van der Waals surface area contributed by atoms with Crippen LogP contribution >= 0.6 is 0 Å². The van der Waals surface area contributed by atoms with Gasteiger partial charge in [-0.1, -0.05) is 0 Å². The minimum atomic E-state index is -3.91. The van der Waals surface area contributed by atoms with Gasteiger partial charge in [0.15, 0.2) is 0 Å². The lowest BCUT2D eigenvalue weighted by atomic mass is 10.2. The predicted molar refractivity (Wildman–Crippen MR) is 78.6 cm³/mol. The van der Waals surface area contributed by atoms with Crippen LogP contribution in [0.15, 0.2) is 17.0 Å². The molecule has 0 aromatic heterocycles. The topological polar surface area (TPSA) is 101 Å². The van der Waals surface area contributed by atoms with Gasteiger partial charge in [-0.2, -0.15) is 0 Å². The van der Waals surface area contributed by atoms with E-state index in [0.717, 1.165) is 6.07 Å². The van der Waals surface area contributed by atoms with Crippen LogP contribution in [0.4, 0.5) is 10.1 Å². The molecule has 0 unspecified atom stereocenters. The van der Waals surface area contributed by atoms with Gasteiger partial charge in [-0.05, 0) is 32.9 Å². The highest BCUT2D eigenvalue weighted by atomic mass is 32.2. The molecule has 21 heavy (non-hydrogen) atoms. The lowest BCUT2D eigenvalue weighted by Crippen LogP contribution is -2.34. The number of hydrogen-bond acceptors (Lipinski definition) is 4. The summed E-state index contributed by atoms with van der Waals surface area (Å²) in [6, 6.07) is 2.23. The molecule has 8 heteroatoms. The maximum Gasteiger partial charge on any atom is 0.241 e. The maximum absolute atomic E-state index is 13.5. The van der Waals surface area contributed by atoms with Gasteiger partial charge in [0.05, 0.1) is 4.90 Å². The first-order valence-corrected chi connectivity index (χ1v) is 7.96. The van der Waals surface area contributed by atoms with Crippen LogP contribution in [0.25, 0.3) is 0 Å². The van der Waals surface area contributed by atoms with E-state index in [1.807, 2.05) is 0 Å². The van der Waals surface area contributed by atoms with Gasteiger partial charge in [0.2, 0.25) is 15.9 Å². The molecular weight excluding hydrogens is 297 g/mol. The monoisotopic (exact) mass is 317 g/mol. The van der Waals surface area contributed by atoms with Crippen molar-refractivity contribution in [3.8, 4) is 0 Å². The van der Waals surface area contributed by atoms with Crippen molar-refractivity contribution in [1.29, 1.82) is 0 Å². The van der Waals surface area contributed by atoms with Gasteiger partial charge in [0.25, 0.3) is 0 Å². The molecular formula is C13H20FN3O3S. The number of carbonyl (C=O) groups is 1. The lowest BCUT2D eigenvalue weighted by Gasteiger charge is -2.11. The summed E-state index contributed by atoms with van der Waals surface area (Å²) < 4.78 is 40.0. The molecule has 0 aliphatic carbocycles. The van der Waals surface area contributed by atoms with E-state index >= 15 is 0 Å². The summed E-state index contributed by atoms with van der Waals surface area (Å²) in [7, 11) is -3.91. The Morgan fingerprint density at radius 1 is 1.38 bits per heavy atom. The summed E-state index contributed by atoms with van der Waals surface area (Å²) in [5.41, 5.74) is 5.47. The molecule has 4 N–H and O–H groups in total. The number of nitrogens with one attached hydrogen (secondary N) is 2. The number of carbonyl (C=O) groups excluding carboxylic acids is 1. The summed E-state index contributed by atoms with van der Waals surface area (Å²) in [6.07, 6.45) is 0.00125. The molecule has 1 aromatic carbocycles. The van der Waals surface area contributed by atoms with Crippen LogP contribution in [0.5, 0.6) is 0 Å². The fourth-order valence-corrected chi connectivity index (χ4v) is 3.04. The number of benzene rings is 1. The highest BCUT2D eigenvalue weighted by Gasteiger charge is 2.19. The predicted octanol–water partition coefficient (Wildman–Crippen LogP) is 0.909. The minimum absolute atomic E-state index is 0.00125. The molecule has 0 atom stereocenters. The molecule has 6 nitrogen and oxygen atoms in total. The molecule has 0 saturated heterocycles. The third kappa shape index (κ3) is 4.98. The number of halogens is 1. The highest BCUT2D eigenvalue weighted by Crippen LogP contribution is 2.21. The summed E-state index contributed by atoms with van der Waals surface area (Å²) in [5, 5.41) is 2.64. The molecule has 0 fully saturated rings. The van der Waals surface area contributed by atoms with Crippen molar-refractivity contribution in [2.75, 3.05) is 12.3 Å². The van der Waals surface area contributed by atoms with Crippen LogP contribution in [0, 0.1) is 12.7 Å². The zero-order valence-electron chi connectivity index (χ0n) is 12.2. The lowest BCUT2D eigenvalue weighted by molar-refractivity contribution is -0.121. The number of sulfonamides is 1. The molecule has 0 aliphatic heterocycles. The molecule has 0 saturated carbocycles. The van der Waals surface area contributed by atoms with Crippen LogP contribution in [0.2, 0.25) is 0 Å². The van der Waals surface area contributed by atoms with E-state index in [2.05, 4.69) is 10.0 Å². The smallest absolute Gasteiger partial charge is 0.241 e.